The Balaban J connectivity index is 1.27. The second kappa shape index (κ2) is 7.98. The van der Waals surface area contributed by atoms with Crippen molar-refractivity contribution in [3.63, 3.8) is 0 Å². The summed E-state index contributed by atoms with van der Waals surface area (Å²) in [6.45, 7) is 8.30. The molecule has 2 unspecified atom stereocenters. The normalized spacial score (nSPS) is 27.6. The van der Waals surface area contributed by atoms with Crippen LogP contribution in [0.2, 0.25) is 0 Å². The number of hydrogen-bond donors (Lipinski definition) is 1. The Morgan fingerprint density at radius 3 is 2.44 bits per heavy atom. The van der Waals surface area contributed by atoms with Crippen molar-refractivity contribution in [1.82, 2.24) is 19.7 Å². The van der Waals surface area contributed by atoms with Crippen LogP contribution in [-0.4, -0.2) is 58.4 Å². The maximum atomic E-state index is 12.8. The van der Waals surface area contributed by atoms with Gasteiger partial charge in [-0.25, -0.2) is 4.98 Å². The standard InChI is InChI=1S/C24H28F3N5O2/c1-13(22-17-9-31(10-18(17)22)16-11-33-12-16)20-7-19(30-32(20)15-4-2-3-5-15)14-6-21(23(28)29-8-14)34-24(25,26)27/h6-8,15-18,22H,1-5,9-12H2,(H2,28,29). The third-order valence-electron chi connectivity index (χ3n) is 7.90. The molecular weight excluding hydrogens is 447 g/mol. The van der Waals surface area contributed by atoms with Gasteiger partial charge < -0.3 is 15.2 Å². The Morgan fingerprint density at radius 2 is 1.82 bits per heavy atom. The Labute approximate surface area is 195 Å². The summed E-state index contributed by atoms with van der Waals surface area (Å²) in [5.41, 5.74) is 8.68. The summed E-state index contributed by atoms with van der Waals surface area (Å²) in [6, 6.07) is 4.03. The zero-order valence-electron chi connectivity index (χ0n) is 18.8. The average molecular weight is 476 g/mol. The van der Waals surface area contributed by atoms with Gasteiger partial charge in [0, 0.05) is 24.8 Å². The highest BCUT2D eigenvalue weighted by molar-refractivity contribution is 5.72. The molecule has 2 N–H and O–H groups in total. The summed E-state index contributed by atoms with van der Waals surface area (Å²) in [5.74, 6) is 0.809. The fraction of sp³-hybridized carbons (Fsp3) is 0.583. The number of piperidine rings is 1. The van der Waals surface area contributed by atoms with Crippen molar-refractivity contribution in [2.75, 3.05) is 32.0 Å². The molecule has 6 rings (SSSR count). The van der Waals surface area contributed by atoms with Crippen LogP contribution in [0.25, 0.3) is 16.8 Å². The second-order valence-electron chi connectivity index (χ2n) is 9.98. The van der Waals surface area contributed by atoms with Crippen molar-refractivity contribution in [1.29, 1.82) is 0 Å². The van der Waals surface area contributed by atoms with E-state index in [1.54, 1.807) is 0 Å². The number of fused-ring (bicyclic) bond motifs is 1. The number of nitrogens with two attached hydrogens (primary N) is 1. The predicted molar refractivity (Wildman–Crippen MR) is 120 cm³/mol. The molecule has 4 aliphatic rings. The molecule has 2 atom stereocenters. The van der Waals surface area contributed by atoms with Gasteiger partial charge in [-0.2, -0.15) is 5.10 Å². The van der Waals surface area contributed by atoms with Crippen LogP contribution in [0.4, 0.5) is 19.0 Å². The third kappa shape index (κ3) is 3.86. The molecule has 4 heterocycles. The van der Waals surface area contributed by atoms with E-state index in [9.17, 15) is 13.2 Å². The molecule has 0 aromatic carbocycles. The number of ether oxygens (including phenoxy) is 2. The summed E-state index contributed by atoms with van der Waals surface area (Å²) in [7, 11) is 0. The molecule has 10 heteroatoms. The molecule has 7 nitrogen and oxygen atoms in total. The zero-order valence-corrected chi connectivity index (χ0v) is 18.8. The molecule has 2 aliphatic carbocycles. The predicted octanol–water partition coefficient (Wildman–Crippen LogP) is 4.13. The van der Waals surface area contributed by atoms with E-state index >= 15 is 0 Å². The van der Waals surface area contributed by atoms with Gasteiger partial charge in [0.05, 0.1) is 36.7 Å². The van der Waals surface area contributed by atoms with E-state index in [1.165, 1.54) is 12.3 Å². The summed E-state index contributed by atoms with van der Waals surface area (Å²) < 4.78 is 49.9. The lowest BCUT2D eigenvalue weighted by Gasteiger charge is -2.36. The minimum absolute atomic E-state index is 0.273. The van der Waals surface area contributed by atoms with Crippen molar-refractivity contribution in [2.45, 2.75) is 44.1 Å². The minimum Gasteiger partial charge on any atom is -0.402 e. The Morgan fingerprint density at radius 1 is 1.12 bits per heavy atom. The van der Waals surface area contributed by atoms with E-state index in [1.807, 2.05) is 6.07 Å². The highest BCUT2D eigenvalue weighted by atomic mass is 19.4. The van der Waals surface area contributed by atoms with Crippen LogP contribution in [0.1, 0.15) is 37.4 Å². The van der Waals surface area contributed by atoms with Gasteiger partial charge >= 0.3 is 6.36 Å². The number of aromatic nitrogens is 3. The number of anilines is 1. The first-order valence-corrected chi connectivity index (χ1v) is 11.9. The van der Waals surface area contributed by atoms with Crippen LogP contribution in [0.15, 0.2) is 24.9 Å². The van der Waals surface area contributed by atoms with Crippen LogP contribution < -0.4 is 10.5 Å². The molecule has 0 spiro atoms. The number of nitrogens with zero attached hydrogens (tertiary/aromatic N) is 4. The lowest BCUT2D eigenvalue weighted by molar-refractivity contribution is -0.274. The maximum absolute atomic E-state index is 12.8. The summed E-state index contributed by atoms with van der Waals surface area (Å²) >= 11 is 0. The van der Waals surface area contributed by atoms with Gasteiger partial charge in [0.25, 0.3) is 0 Å². The quantitative estimate of drug-likeness (QED) is 0.677. The number of rotatable bonds is 6. The summed E-state index contributed by atoms with van der Waals surface area (Å²) in [4.78, 5) is 6.45. The van der Waals surface area contributed by atoms with Crippen LogP contribution in [0, 0.1) is 17.8 Å². The molecule has 0 amide bonds. The van der Waals surface area contributed by atoms with Crippen molar-refractivity contribution in [2.24, 2.45) is 17.8 Å². The van der Waals surface area contributed by atoms with Crippen molar-refractivity contribution >= 4 is 11.4 Å². The second-order valence-corrected chi connectivity index (χ2v) is 9.98. The Kier molecular flexibility index (Phi) is 5.14. The lowest BCUT2D eigenvalue weighted by Crippen LogP contribution is -2.48. The smallest absolute Gasteiger partial charge is 0.402 e. The van der Waals surface area contributed by atoms with E-state index in [4.69, 9.17) is 15.6 Å². The lowest BCUT2D eigenvalue weighted by atomic mass is 10.0. The first-order chi connectivity index (χ1) is 16.3. The SMILES string of the molecule is C=C(c1cc(-c2cnc(N)c(OC(F)(F)F)c2)nn1C1CCCC1)C1C2CN(C3COC3)CC21. The van der Waals surface area contributed by atoms with Gasteiger partial charge in [-0.3, -0.25) is 9.58 Å². The van der Waals surface area contributed by atoms with Gasteiger partial charge in [-0.1, -0.05) is 19.4 Å². The monoisotopic (exact) mass is 475 g/mol. The largest absolute Gasteiger partial charge is 0.573 e. The van der Waals surface area contributed by atoms with Crippen LogP contribution >= 0.6 is 0 Å². The molecule has 0 radical (unpaired) electrons. The van der Waals surface area contributed by atoms with E-state index < -0.39 is 12.1 Å². The minimum atomic E-state index is -4.85. The molecular formula is C24H28F3N5O2. The maximum Gasteiger partial charge on any atom is 0.573 e. The van der Waals surface area contributed by atoms with E-state index in [0.29, 0.717) is 35.1 Å². The molecule has 2 aliphatic heterocycles. The van der Waals surface area contributed by atoms with Gasteiger partial charge in [-0.05, 0) is 48.3 Å². The highest BCUT2D eigenvalue weighted by Crippen LogP contribution is 2.58. The Bertz CT molecular complexity index is 1090. The Hall–Kier alpha value is -2.59. The molecule has 2 aromatic rings. The molecule has 182 valence electrons. The topological polar surface area (TPSA) is 78.4 Å². The molecule has 4 fully saturated rings. The first-order valence-electron chi connectivity index (χ1n) is 11.9. The number of allylic oxidation sites excluding steroid dienone is 1. The van der Waals surface area contributed by atoms with Crippen molar-refractivity contribution in [3.05, 3.63) is 30.6 Å². The molecule has 34 heavy (non-hydrogen) atoms. The van der Waals surface area contributed by atoms with Crippen molar-refractivity contribution < 1.29 is 22.6 Å². The van der Waals surface area contributed by atoms with Crippen LogP contribution in [0.3, 0.4) is 0 Å². The summed E-state index contributed by atoms with van der Waals surface area (Å²) in [6.07, 6.45) is 0.961. The zero-order chi connectivity index (χ0) is 23.6. The summed E-state index contributed by atoms with van der Waals surface area (Å²) in [5, 5.41) is 4.83. The molecule has 2 aromatic heterocycles. The fourth-order valence-corrected chi connectivity index (χ4v) is 5.98. The average Bonchev–Trinajstić information content (AvgIpc) is 3.23. The number of likely N-dealkylation sites (tertiary alicyclic amines) is 1. The third-order valence-corrected chi connectivity index (χ3v) is 7.90. The molecule has 2 saturated carbocycles. The highest BCUT2D eigenvalue weighted by Gasteiger charge is 2.58. The van der Waals surface area contributed by atoms with E-state index in [2.05, 4.69) is 25.9 Å². The van der Waals surface area contributed by atoms with Gasteiger partial charge in [-0.15, -0.1) is 13.2 Å². The number of alkyl halides is 3. The van der Waals surface area contributed by atoms with Gasteiger partial charge in [0.2, 0.25) is 0 Å². The number of pyridine rings is 1. The number of hydrogen-bond acceptors (Lipinski definition) is 6. The van der Waals surface area contributed by atoms with E-state index in [-0.39, 0.29) is 11.9 Å². The molecule has 0 bridgehead atoms. The number of halogens is 3. The first kappa shape index (κ1) is 21.9. The van der Waals surface area contributed by atoms with E-state index in [0.717, 1.165) is 63.3 Å². The molecule has 2 saturated heterocycles. The van der Waals surface area contributed by atoms with Gasteiger partial charge in [0.15, 0.2) is 11.6 Å². The fourth-order valence-electron chi connectivity index (χ4n) is 5.98. The number of nitrogen functional groups attached to an aromatic ring is 1. The van der Waals surface area contributed by atoms with Crippen molar-refractivity contribution in [3.8, 4) is 17.0 Å². The van der Waals surface area contributed by atoms with Crippen LogP contribution in [-0.2, 0) is 4.74 Å². The van der Waals surface area contributed by atoms with Gasteiger partial charge in [0.1, 0.15) is 0 Å². The van der Waals surface area contributed by atoms with Crippen LogP contribution in [0.5, 0.6) is 5.75 Å².